The van der Waals surface area contributed by atoms with Crippen molar-refractivity contribution in [3.63, 3.8) is 0 Å². The summed E-state index contributed by atoms with van der Waals surface area (Å²) < 4.78 is 5.84. The Morgan fingerprint density at radius 2 is 2.22 bits per heavy atom. The largest absolute Gasteiger partial charge is 0.486 e. The lowest BCUT2D eigenvalue weighted by atomic mass is 10.1. The molecule has 1 fully saturated rings. The van der Waals surface area contributed by atoms with Crippen LogP contribution in [-0.4, -0.2) is 46.2 Å². The third-order valence-electron chi connectivity index (χ3n) is 4.07. The van der Waals surface area contributed by atoms with Crippen LogP contribution in [0.5, 0.6) is 5.75 Å². The van der Waals surface area contributed by atoms with E-state index in [1.54, 1.807) is 18.5 Å². The Labute approximate surface area is 139 Å². The highest BCUT2D eigenvalue weighted by atomic mass is 32.1. The molecular weight excluding hydrogens is 312 g/mol. The van der Waals surface area contributed by atoms with Gasteiger partial charge in [0.1, 0.15) is 11.9 Å². The number of thiophene rings is 1. The Kier molecular flexibility index (Phi) is 4.93. The number of hydrogen-bond donors (Lipinski definition) is 1. The predicted molar refractivity (Wildman–Crippen MR) is 88.9 cm³/mol. The maximum atomic E-state index is 12.6. The average molecular weight is 332 g/mol. The summed E-state index contributed by atoms with van der Waals surface area (Å²) in [7, 11) is 0. The van der Waals surface area contributed by atoms with Gasteiger partial charge in [0.2, 0.25) is 0 Å². The van der Waals surface area contributed by atoms with Gasteiger partial charge >= 0.3 is 0 Å². The summed E-state index contributed by atoms with van der Waals surface area (Å²) in [6, 6.07) is 5.58. The first-order valence-electron chi connectivity index (χ1n) is 7.73. The molecule has 5 nitrogen and oxygen atoms in total. The van der Waals surface area contributed by atoms with Crippen molar-refractivity contribution < 1.29 is 14.6 Å². The van der Waals surface area contributed by atoms with Crippen LogP contribution < -0.4 is 4.74 Å². The molecule has 1 aliphatic heterocycles. The summed E-state index contributed by atoms with van der Waals surface area (Å²) in [5, 5.41) is 12.2. The van der Waals surface area contributed by atoms with Crippen LogP contribution in [0.1, 0.15) is 28.1 Å². The minimum atomic E-state index is -0.586. The Morgan fingerprint density at radius 1 is 1.39 bits per heavy atom. The Bertz CT molecular complexity index is 659. The van der Waals surface area contributed by atoms with Crippen LogP contribution >= 0.6 is 11.3 Å². The van der Waals surface area contributed by atoms with Crippen molar-refractivity contribution in [2.75, 3.05) is 13.1 Å². The van der Waals surface area contributed by atoms with E-state index >= 15 is 0 Å². The van der Waals surface area contributed by atoms with Crippen molar-refractivity contribution in [3.8, 4) is 5.75 Å². The smallest absolute Gasteiger partial charge is 0.264 e. The van der Waals surface area contributed by atoms with E-state index in [2.05, 4.69) is 4.98 Å². The lowest BCUT2D eigenvalue weighted by molar-refractivity contribution is 0.0348. The van der Waals surface area contributed by atoms with Crippen LogP contribution in [-0.2, 0) is 0 Å². The van der Waals surface area contributed by atoms with Crippen LogP contribution in [0.4, 0.5) is 0 Å². The number of likely N-dealkylation sites (tertiary alicyclic amines) is 1. The van der Waals surface area contributed by atoms with E-state index in [4.69, 9.17) is 4.74 Å². The molecule has 2 atom stereocenters. The molecule has 0 saturated carbocycles. The van der Waals surface area contributed by atoms with Gasteiger partial charge in [0.25, 0.3) is 5.91 Å². The topological polar surface area (TPSA) is 62.7 Å². The van der Waals surface area contributed by atoms with Gasteiger partial charge in [-0.3, -0.25) is 9.78 Å². The van der Waals surface area contributed by atoms with Gasteiger partial charge in [0, 0.05) is 25.7 Å². The fourth-order valence-electron chi connectivity index (χ4n) is 2.73. The van der Waals surface area contributed by atoms with Crippen LogP contribution in [0.2, 0.25) is 0 Å². The molecule has 0 aromatic carbocycles. The number of aliphatic hydroxyl groups is 1. The number of nitrogens with zero attached hydrogens (tertiary/aromatic N) is 2. The Morgan fingerprint density at radius 3 is 2.91 bits per heavy atom. The fourth-order valence-corrected chi connectivity index (χ4v) is 3.62. The molecule has 0 unspecified atom stereocenters. The molecule has 1 saturated heterocycles. The minimum Gasteiger partial charge on any atom is -0.486 e. The van der Waals surface area contributed by atoms with Crippen molar-refractivity contribution in [2.24, 2.45) is 0 Å². The monoisotopic (exact) mass is 332 g/mol. The van der Waals surface area contributed by atoms with Crippen LogP contribution in [0, 0.1) is 6.92 Å². The number of pyridine rings is 1. The van der Waals surface area contributed by atoms with Gasteiger partial charge in [-0.2, -0.15) is 0 Å². The summed E-state index contributed by atoms with van der Waals surface area (Å²) in [5.41, 5.74) is 1.01. The summed E-state index contributed by atoms with van der Waals surface area (Å²) in [6.07, 6.45) is 3.53. The molecule has 1 amide bonds. The summed E-state index contributed by atoms with van der Waals surface area (Å²) >= 11 is 1.47. The number of aliphatic hydroxyl groups excluding tert-OH is 1. The summed E-state index contributed by atoms with van der Waals surface area (Å²) in [6.45, 7) is 3.08. The van der Waals surface area contributed by atoms with E-state index in [-0.39, 0.29) is 12.0 Å². The van der Waals surface area contributed by atoms with Gasteiger partial charge in [-0.05, 0) is 42.5 Å². The van der Waals surface area contributed by atoms with Gasteiger partial charge in [0.15, 0.2) is 0 Å². The molecule has 122 valence electrons. The molecule has 2 aromatic heterocycles. The zero-order chi connectivity index (χ0) is 16.2. The van der Waals surface area contributed by atoms with E-state index in [0.717, 1.165) is 10.4 Å². The standard InChI is InChI=1S/C17H20N2O3S/c1-12-6-10-23-16(12)17(21)19-8-4-14(20)15(5-9-19)22-13-3-2-7-18-11-13/h2-3,6-7,10-11,14-15,20H,4-5,8-9H2,1H3/t14-,15-/m0/s1. The molecule has 0 radical (unpaired) electrons. The molecule has 1 N–H and O–H groups in total. The first kappa shape index (κ1) is 16.0. The van der Waals surface area contributed by atoms with Crippen LogP contribution in [0.25, 0.3) is 0 Å². The molecular formula is C17H20N2O3S. The number of carbonyl (C=O) groups excluding carboxylic acids is 1. The first-order valence-corrected chi connectivity index (χ1v) is 8.61. The highest BCUT2D eigenvalue weighted by molar-refractivity contribution is 7.12. The van der Waals surface area contributed by atoms with Crippen molar-refractivity contribution in [3.05, 3.63) is 46.4 Å². The predicted octanol–water partition coefficient (Wildman–Crippen LogP) is 2.50. The number of aryl methyl sites for hydroxylation is 1. The van der Waals surface area contributed by atoms with E-state index in [0.29, 0.717) is 31.7 Å². The molecule has 1 aliphatic rings. The van der Waals surface area contributed by atoms with E-state index < -0.39 is 6.10 Å². The number of amides is 1. The van der Waals surface area contributed by atoms with Crippen molar-refractivity contribution >= 4 is 17.2 Å². The lowest BCUT2D eigenvalue weighted by Gasteiger charge is -2.21. The van der Waals surface area contributed by atoms with Gasteiger partial charge in [-0.25, -0.2) is 0 Å². The van der Waals surface area contributed by atoms with Crippen molar-refractivity contribution in [2.45, 2.75) is 32.0 Å². The average Bonchev–Trinajstić information content (AvgIpc) is 2.91. The number of rotatable bonds is 3. The number of hydrogen-bond acceptors (Lipinski definition) is 5. The second-order valence-corrected chi connectivity index (χ2v) is 6.63. The Hall–Kier alpha value is -1.92. The molecule has 0 bridgehead atoms. The lowest BCUT2D eigenvalue weighted by Crippen LogP contribution is -2.32. The van der Waals surface area contributed by atoms with E-state index in [1.165, 1.54) is 11.3 Å². The molecule has 6 heteroatoms. The zero-order valence-electron chi connectivity index (χ0n) is 13.0. The van der Waals surface area contributed by atoms with Gasteiger partial charge < -0.3 is 14.7 Å². The van der Waals surface area contributed by atoms with E-state index in [1.807, 2.05) is 29.3 Å². The molecule has 3 rings (SSSR count). The van der Waals surface area contributed by atoms with Crippen molar-refractivity contribution in [1.82, 2.24) is 9.88 Å². The molecule has 0 spiro atoms. The third kappa shape index (κ3) is 3.71. The van der Waals surface area contributed by atoms with Gasteiger partial charge in [0.05, 0.1) is 17.2 Å². The maximum absolute atomic E-state index is 12.6. The second-order valence-electron chi connectivity index (χ2n) is 5.71. The number of ether oxygens (including phenoxy) is 1. The number of carbonyl (C=O) groups is 1. The molecule has 0 aliphatic carbocycles. The summed E-state index contributed by atoms with van der Waals surface area (Å²) in [4.78, 5) is 19.2. The molecule has 3 heterocycles. The van der Waals surface area contributed by atoms with E-state index in [9.17, 15) is 9.90 Å². The summed E-state index contributed by atoms with van der Waals surface area (Å²) in [5.74, 6) is 0.692. The quantitative estimate of drug-likeness (QED) is 0.938. The normalized spacial score (nSPS) is 21.7. The fraction of sp³-hybridized carbons (Fsp3) is 0.412. The van der Waals surface area contributed by atoms with Crippen LogP contribution in [0.3, 0.4) is 0 Å². The molecule has 2 aromatic rings. The zero-order valence-corrected chi connectivity index (χ0v) is 13.8. The van der Waals surface area contributed by atoms with Crippen molar-refractivity contribution in [1.29, 1.82) is 0 Å². The Balaban J connectivity index is 1.66. The highest BCUT2D eigenvalue weighted by Crippen LogP contribution is 2.22. The SMILES string of the molecule is Cc1ccsc1C(=O)N1CC[C@H](Oc2cccnc2)[C@@H](O)CC1. The first-order chi connectivity index (χ1) is 11.1. The second kappa shape index (κ2) is 7.10. The number of aromatic nitrogens is 1. The third-order valence-corrected chi connectivity index (χ3v) is 5.08. The minimum absolute atomic E-state index is 0.0479. The maximum Gasteiger partial charge on any atom is 0.264 e. The van der Waals surface area contributed by atoms with Gasteiger partial charge in [-0.1, -0.05) is 0 Å². The van der Waals surface area contributed by atoms with Gasteiger partial charge in [-0.15, -0.1) is 11.3 Å². The highest BCUT2D eigenvalue weighted by Gasteiger charge is 2.29. The molecule has 23 heavy (non-hydrogen) atoms. The van der Waals surface area contributed by atoms with Crippen LogP contribution in [0.15, 0.2) is 36.0 Å².